The quantitative estimate of drug-likeness (QED) is 0.817. The summed E-state index contributed by atoms with van der Waals surface area (Å²) in [5.74, 6) is 0.676. The minimum atomic E-state index is 0.0825. The van der Waals surface area contributed by atoms with Crippen LogP contribution in [0.25, 0.3) is 4.96 Å². The molecule has 0 unspecified atom stereocenters. The van der Waals surface area contributed by atoms with Crippen LogP contribution in [0.3, 0.4) is 0 Å². The first-order valence-electron chi connectivity index (χ1n) is 9.06. The molecule has 1 saturated heterocycles. The van der Waals surface area contributed by atoms with E-state index in [1.807, 2.05) is 16.5 Å². The standard InChI is InChI=1S/C18H29N5OS/c1-14(2)12-21(4)13-15-16(19-18-23(15)10-11-25-18)17(24)22-7-5-6-20(3)8-9-22/h10-11,14H,5-9,12-13H2,1-4H3. The molecular weight excluding hydrogens is 334 g/mol. The predicted molar refractivity (Wildman–Crippen MR) is 102 cm³/mol. The van der Waals surface area contributed by atoms with Gasteiger partial charge < -0.3 is 14.7 Å². The number of hydrogen-bond acceptors (Lipinski definition) is 5. The molecule has 0 aliphatic carbocycles. The Morgan fingerprint density at radius 2 is 2.12 bits per heavy atom. The number of thiazole rings is 1. The van der Waals surface area contributed by atoms with E-state index in [2.05, 4.69) is 47.1 Å². The smallest absolute Gasteiger partial charge is 0.274 e. The summed E-state index contributed by atoms with van der Waals surface area (Å²) in [6.07, 6.45) is 3.05. The highest BCUT2D eigenvalue weighted by Crippen LogP contribution is 2.21. The Morgan fingerprint density at radius 1 is 1.32 bits per heavy atom. The van der Waals surface area contributed by atoms with E-state index < -0.39 is 0 Å². The van der Waals surface area contributed by atoms with Gasteiger partial charge in [0.25, 0.3) is 5.91 Å². The maximum atomic E-state index is 13.2. The fraction of sp³-hybridized carbons (Fsp3) is 0.667. The molecule has 25 heavy (non-hydrogen) atoms. The molecule has 0 radical (unpaired) electrons. The topological polar surface area (TPSA) is 44.1 Å². The summed E-state index contributed by atoms with van der Waals surface area (Å²) in [7, 11) is 4.23. The van der Waals surface area contributed by atoms with Crippen LogP contribution < -0.4 is 0 Å². The van der Waals surface area contributed by atoms with Gasteiger partial charge in [-0.2, -0.15) is 0 Å². The van der Waals surface area contributed by atoms with Crippen LogP contribution in [0.1, 0.15) is 36.5 Å². The van der Waals surface area contributed by atoms with Crippen LogP contribution in [0.2, 0.25) is 0 Å². The normalized spacial score (nSPS) is 17.0. The van der Waals surface area contributed by atoms with Crippen LogP contribution in [-0.2, 0) is 6.54 Å². The van der Waals surface area contributed by atoms with Gasteiger partial charge in [-0.1, -0.05) is 13.8 Å². The highest BCUT2D eigenvalue weighted by Gasteiger charge is 2.26. The first-order chi connectivity index (χ1) is 12.0. The lowest BCUT2D eigenvalue weighted by Crippen LogP contribution is -2.35. The first-order valence-corrected chi connectivity index (χ1v) is 9.94. The molecule has 0 saturated carbocycles. The molecule has 138 valence electrons. The second-order valence-electron chi connectivity index (χ2n) is 7.50. The summed E-state index contributed by atoms with van der Waals surface area (Å²) in [4.78, 5) is 25.3. The van der Waals surface area contributed by atoms with Gasteiger partial charge in [0, 0.05) is 44.3 Å². The number of aromatic nitrogens is 2. The number of carbonyl (C=O) groups is 1. The molecule has 0 spiro atoms. The van der Waals surface area contributed by atoms with Crippen molar-refractivity contribution in [3.8, 4) is 0 Å². The van der Waals surface area contributed by atoms with Crippen molar-refractivity contribution in [2.75, 3.05) is 46.8 Å². The Kier molecular flexibility index (Phi) is 5.76. The monoisotopic (exact) mass is 363 g/mol. The fourth-order valence-corrected chi connectivity index (χ4v) is 4.23. The Bertz CT molecular complexity index is 722. The molecule has 3 rings (SSSR count). The van der Waals surface area contributed by atoms with Crippen molar-refractivity contribution in [1.82, 2.24) is 24.1 Å². The van der Waals surface area contributed by atoms with E-state index in [0.29, 0.717) is 11.6 Å². The van der Waals surface area contributed by atoms with Gasteiger partial charge in [0.15, 0.2) is 10.7 Å². The maximum absolute atomic E-state index is 13.2. The van der Waals surface area contributed by atoms with Crippen LogP contribution >= 0.6 is 11.3 Å². The lowest BCUT2D eigenvalue weighted by atomic mass is 10.2. The van der Waals surface area contributed by atoms with E-state index in [4.69, 9.17) is 0 Å². The Morgan fingerprint density at radius 3 is 2.88 bits per heavy atom. The molecule has 2 aromatic heterocycles. The Balaban J connectivity index is 1.86. The summed E-state index contributed by atoms with van der Waals surface area (Å²) >= 11 is 1.59. The number of likely N-dealkylation sites (N-methyl/N-ethyl adjacent to an activating group) is 1. The average Bonchev–Trinajstić information content (AvgIpc) is 3.04. The molecule has 0 N–H and O–H groups in total. The van der Waals surface area contributed by atoms with Crippen LogP contribution in [0.15, 0.2) is 11.6 Å². The number of rotatable bonds is 5. The highest BCUT2D eigenvalue weighted by molar-refractivity contribution is 7.15. The van der Waals surface area contributed by atoms with E-state index in [1.165, 1.54) is 0 Å². The summed E-state index contributed by atoms with van der Waals surface area (Å²) in [6, 6.07) is 0. The summed E-state index contributed by atoms with van der Waals surface area (Å²) in [5.41, 5.74) is 1.65. The van der Waals surface area contributed by atoms with Gasteiger partial charge in [-0.25, -0.2) is 4.98 Å². The molecule has 1 aliphatic heterocycles. The molecule has 7 heteroatoms. The molecule has 3 heterocycles. The largest absolute Gasteiger partial charge is 0.336 e. The van der Waals surface area contributed by atoms with Gasteiger partial charge in [0.1, 0.15) is 0 Å². The Hall–Kier alpha value is -1.44. The van der Waals surface area contributed by atoms with E-state index in [1.54, 1.807) is 11.3 Å². The zero-order valence-electron chi connectivity index (χ0n) is 15.7. The minimum Gasteiger partial charge on any atom is -0.336 e. The first kappa shape index (κ1) is 18.4. The summed E-state index contributed by atoms with van der Waals surface area (Å²) in [6.45, 7) is 9.74. The minimum absolute atomic E-state index is 0.0825. The third-order valence-electron chi connectivity index (χ3n) is 4.67. The third kappa shape index (κ3) is 4.22. The van der Waals surface area contributed by atoms with E-state index in [9.17, 15) is 4.79 Å². The molecule has 6 nitrogen and oxygen atoms in total. The predicted octanol–water partition coefficient (Wildman–Crippen LogP) is 2.26. The van der Waals surface area contributed by atoms with Crippen LogP contribution in [0, 0.1) is 5.92 Å². The lowest BCUT2D eigenvalue weighted by Gasteiger charge is -2.22. The van der Waals surface area contributed by atoms with Crippen molar-refractivity contribution in [3.05, 3.63) is 23.0 Å². The van der Waals surface area contributed by atoms with Gasteiger partial charge in [-0.3, -0.25) is 9.20 Å². The number of nitrogens with zero attached hydrogens (tertiary/aromatic N) is 5. The van der Waals surface area contributed by atoms with Crippen molar-refractivity contribution >= 4 is 22.2 Å². The molecule has 0 bridgehead atoms. The molecule has 1 aliphatic rings. The summed E-state index contributed by atoms with van der Waals surface area (Å²) < 4.78 is 2.08. The van der Waals surface area contributed by atoms with Crippen molar-refractivity contribution in [2.45, 2.75) is 26.8 Å². The van der Waals surface area contributed by atoms with Crippen LogP contribution in [0.5, 0.6) is 0 Å². The average molecular weight is 364 g/mol. The van der Waals surface area contributed by atoms with Crippen molar-refractivity contribution in [3.63, 3.8) is 0 Å². The van der Waals surface area contributed by atoms with E-state index in [-0.39, 0.29) is 5.91 Å². The molecule has 0 atom stereocenters. The molecule has 1 amide bonds. The molecule has 0 aromatic carbocycles. The fourth-order valence-electron chi connectivity index (χ4n) is 3.50. The second kappa shape index (κ2) is 7.85. The number of amides is 1. The van der Waals surface area contributed by atoms with E-state index in [0.717, 1.165) is 56.3 Å². The SMILES string of the molecule is CC(C)CN(C)Cc1c(C(=O)N2CCCN(C)CC2)nc2sccn12. The van der Waals surface area contributed by atoms with Gasteiger partial charge in [0.2, 0.25) is 0 Å². The zero-order valence-corrected chi connectivity index (χ0v) is 16.6. The number of imidazole rings is 1. The summed E-state index contributed by atoms with van der Waals surface area (Å²) in [5, 5.41) is 2.03. The molecule has 2 aromatic rings. The van der Waals surface area contributed by atoms with Crippen LogP contribution in [-0.4, -0.2) is 76.8 Å². The number of carbonyl (C=O) groups excluding carboxylic acids is 1. The third-order valence-corrected chi connectivity index (χ3v) is 5.42. The van der Waals surface area contributed by atoms with Crippen LogP contribution in [0.4, 0.5) is 0 Å². The van der Waals surface area contributed by atoms with Crippen molar-refractivity contribution in [2.24, 2.45) is 5.92 Å². The van der Waals surface area contributed by atoms with Gasteiger partial charge in [0.05, 0.1) is 5.69 Å². The van der Waals surface area contributed by atoms with Crippen molar-refractivity contribution in [1.29, 1.82) is 0 Å². The van der Waals surface area contributed by atoms with Crippen molar-refractivity contribution < 1.29 is 4.79 Å². The number of fused-ring (bicyclic) bond motifs is 1. The van der Waals surface area contributed by atoms with Gasteiger partial charge in [-0.05, 0) is 33.0 Å². The number of hydrogen-bond donors (Lipinski definition) is 0. The zero-order chi connectivity index (χ0) is 18.0. The Labute approximate surface area is 154 Å². The molecule has 1 fully saturated rings. The van der Waals surface area contributed by atoms with Gasteiger partial charge in [-0.15, -0.1) is 11.3 Å². The van der Waals surface area contributed by atoms with E-state index >= 15 is 0 Å². The molecular formula is C18H29N5OS. The lowest BCUT2D eigenvalue weighted by molar-refractivity contribution is 0.0755. The highest BCUT2D eigenvalue weighted by atomic mass is 32.1. The van der Waals surface area contributed by atoms with Gasteiger partial charge >= 0.3 is 0 Å². The maximum Gasteiger partial charge on any atom is 0.274 e. The second-order valence-corrected chi connectivity index (χ2v) is 8.38.